The van der Waals surface area contributed by atoms with Gasteiger partial charge in [-0.15, -0.1) is 11.3 Å². The molecule has 0 fully saturated rings. The van der Waals surface area contributed by atoms with Gasteiger partial charge < -0.3 is 10.1 Å². The van der Waals surface area contributed by atoms with Gasteiger partial charge in [-0.25, -0.2) is 0 Å². The molecule has 2 heterocycles. The number of hydrogen-bond acceptors (Lipinski definition) is 3. The van der Waals surface area contributed by atoms with Crippen LogP contribution in [-0.2, 0) is 0 Å². The summed E-state index contributed by atoms with van der Waals surface area (Å²) in [7, 11) is 0. The Morgan fingerprint density at radius 2 is 2.21 bits per heavy atom. The van der Waals surface area contributed by atoms with Crippen LogP contribution in [0, 0.1) is 0 Å². The zero-order valence-electron chi connectivity index (χ0n) is 10.7. The minimum atomic E-state index is 0.324. The van der Waals surface area contributed by atoms with E-state index in [0.29, 0.717) is 12.0 Å². The normalized spacial score (nSPS) is 18.9. The fraction of sp³-hybridized carbons (Fsp3) is 0.333. The number of fused-ring (bicyclic) bond motifs is 1. The highest BCUT2D eigenvalue weighted by Gasteiger charge is 2.32. The third-order valence-electron chi connectivity index (χ3n) is 3.46. The van der Waals surface area contributed by atoms with E-state index in [4.69, 9.17) is 4.74 Å². The molecular formula is C15H16BrNOS. The molecule has 2 atom stereocenters. The molecule has 19 heavy (non-hydrogen) atoms. The Morgan fingerprint density at radius 1 is 1.37 bits per heavy atom. The largest absolute Gasteiger partial charge is 0.493 e. The fourth-order valence-electron chi connectivity index (χ4n) is 2.62. The van der Waals surface area contributed by atoms with Crippen molar-refractivity contribution < 1.29 is 4.74 Å². The highest BCUT2D eigenvalue weighted by atomic mass is 79.9. The standard InChI is InChI=1S/C15H16BrNOS/c1-2-17-15(13-7-8-14(16)19-13)11-9-18-12-6-4-3-5-10(11)12/h3-8,11,15,17H,2,9H2,1H3. The molecule has 1 aliphatic heterocycles. The number of likely N-dealkylation sites (N-methyl/N-ethyl adjacent to an activating group) is 1. The first-order valence-corrected chi connectivity index (χ1v) is 8.11. The van der Waals surface area contributed by atoms with Crippen LogP contribution in [0.2, 0.25) is 0 Å². The van der Waals surface area contributed by atoms with Crippen LogP contribution in [0.25, 0.3) is 0 Å². The Balaban J connectivity index is 1.94. The van der Waals surface area contributed by atoms with E-state index in [0.717, 1.165) is 18.9 Å². The van der Waals surface area contributed by atoms with Crippen LogP contribution in [0.15, 0.2) is 40.2 Å². The van der Waals surface area contributed by atoms with E-state index in [1.165, 1.54) is 14.2 Å². The summed E-state index contributed by atoms with van der Waals surface area (Å²) in [5.41, 5.74) is 1.32. The molecule has 0 spiro atoms. The number of hydrogen-bond donors (Lipinski definition) is 1. The number of ether oxygens (including phenoxy) is 1. The Labute approximate surface area is 125 Å². The Kier molecular flexibility index (Phi) is 3.91. The van der Waals surface area contributed by atoms with Crippen LogP contribution in [0.4, 0.5) is 0 Å². The lowest BCUT2D eigenvalue weighted by Crippen LogP contribution is -2.27. The second-order valence-corrected chi connectivity index (χ2v) is 7.13. The van der Waals surface area contributed by atoms with Gasteiger partial charge in [-0.2, -0.15) is 0 Å². The van der Waals surface area contributed by atoms with Crippen LogP contribution in [-0.4, -0.2) is 13.2 Å². The first-order valence-electron chi connectivity index (χ1n) is 6.50. The molecule has 2 unspecified atom stereocenters. The molecule has 0 amide bonds. The smallest absolute Gasteiger partial charge is 0.122 e. The molecule has 100 valence electrons. The Hall–Kier alpha value is -0.840. The Bertz CT molecular complexity index is 569. The summed E-state index contributed by atoms with van der Waals surface area (Å²) in [5.74, 6) is 1.42. The van der Waals surface area contributed by atoms with Crippen LogP contribution in [0.3, 0.4) is 0 Å². The molecule has 0 aliphatic carbocycles. The van der Waals surface area contributed by atoms with E-state index < -0.39 is 0 Å². The molecule has 1 aromatic carbocycles. The fourth-order valence-corrected chi connectivity index (χ4v) is 4.18. The topological polar surface area (TPSA) is 21.3 Å². The van der Waals surface area contributed by atoms with Crippen molar-refractivity contribution in [3.63, 3.8) is 0 Å². The van der Waals surface area contributed by atoms with Gasteiger partial charge in [0.25, 0.3) is 0 Å². The number of para-hydroxylation sites is 1. The second-order valence-electron chi connectivity index (χ2n) is 4.63. The van der Waals surface area contributed by atoms with Crippen LogP contribution >= 0.6 is 27.3 Å². The lowest BCUT2D eigenvalue weighted by atomic mass is 9.92. The number of halogens is 1. The summed E-state index contributed by atoms with van der Waals surface area (Å²) in [6.07, 6.45) is 0. The monoisotopic (exact) mass is 337 g/mol. The highest BCUT2D eigenvalue weighted by molar-refractivity contribution is 9.11. The molecule has 1 aliphatic rings. The summed E-state index contributed by atoms with van der Waals surface area (Å²) in [6.45, 7) is 3.86. The Morgan fingerprint density at radius 3 is 2.95 bits per heavy atom. The zero-order chi connectivity index (χ0) is 13.2. The van der Waals surface area contributed by atoms with Gasteiger partial charge in [0, 0.05) is 16.4 Å². The number of nitrogens with one attached hydrogen (secondary N) is 1. The minimum absolute atomic E-state index is 0.324. The lowest BCUT2D eigenvalue weighted by molar-refractivity contribution is 0.302. The van der Waals surface area contributed by atoms with Gasteiger partial charge in [0.2, 0.25) is 0 Å². The van der Waals surface area contributed by atoms with Crippen molar-refractivity contribution in [2.75, 3.05) is 13.2 Å². The first-order chi connectivity index (χ1) is 9.29. The maximum absolute atomic E-state index is 5.82. The van der Waals surface area contributed by atoms with E-state index in [-0.39, 0.29) is 0 Å². The van der Waals surface area contributed by atoms with Crippen molar-refractivity contribution >= 4 is 27.3 Å². The minimum Gasteiger partial charge on any atom is -0.493 e. The van der Waals surface area contributed by atoms with Crippen LogP contribution < -0.4 is 10.1 Å². The predicted molar refractivity (Wildman–Crippen MR) is 83.1 cm³/mol. The van der Waals surface area contributed by atoms with Gasteiger partial charge in [0.15, 0.2) is 0 Å². The molecule has 0 bridgehead atoms. The third kappa shape index (κ3) is 2.57. The molecule has 3 rings (SSSR count). The lowest BCUT2D eigenvalue weighted by Gasteiger charge is -2.22. The predicted octanol–water partition coefficient (Wildman–Crippen LogP) is 4.34. The highest BCUT2D eigenvalue weighted by Crippen LogP contribution is 2.43. The average Bonchev–Trinajstić information content (AvgIpc) is 3.03. The van der Waals surface area contributed by atoms with E-state index in [2.05, 4.69) is 58.5 Å². The van der Waals surface area contributed by atoms with Gasteiger partial charge in [-0.3, -0.25) is 0 Å². The summed E-state index contributed by atoms with van der Waals surface area (Å²) in [5, 5.41) is 3.60. The average molecular weight is 338 g/mol. The molecule has 1 aromatic heterocycles. The van der Waals surface area contributed by atoms with Gasteiger partial charge in [-0.1, -0.05) is 25.1 Å². The first kappa shape index (κ1) is 13.2. The zero-order valence-corrected chi connectivity index (χ0v) is 13.1. The van der Waals surface area contributed by atoms with Crippen LogP contribution in [0.1, 0.15) is 29.3 Å². The van der Waals surface area contributed by atoms with Gasteiger partial charge in [-0.05, 0) is 40.7 Å². The molecule has 0 saturated heterocycles. The van der Waals surface area contributed by atoms with E-state index in [1.807, 2.05) is 6.07 Å². The number of benzene rings is 1. The third-order valence-corrected chi connectivity index (χ3v) is 5.17. The van der Waals surface area contributed by atoms with Crippen molar-refractivity contribution in [1.82, 2.24) is 5.32 Å². The summed E-state index contributed by atoms with van der Waals surface area (Å²) < 4.78 is 7.00. The number of rotatable bonds is 4. The maximum Gasteiger partial charge on any atom is 0.122 e. The van der Waals surface area contributed by atoms with Crippen molar-refractivity contribution in [3.8, 4) is 5.75 Å². The summed E-state index contributed by atoms with van der Waals surface area (Å²) in [6, 6.07) is 13.0. The van der Waals surface area contributed by atoms with Gasteiger partial charge in [0.1, 0.15) is 5.75 Å². The summed E-state index contributed by atoms with van der Waals surface area (Å²) >= 11 is 5.35. The van der Waals surface area contributed by atoms with Crippen LogP contribution in [0.5, 0.6) is 5.75 Å². The summed E-state index contributed by atoms with van der Waals surface area (Å²) in [4.78, 5) is 1.36. The molecule has 4 heteroatoms. The number of thiophene rings is 1. The molecule has 1 N–H and O–H groups in total. The molecule has 0 saturated carbocycles. The second kappa shape index (κ2) is 5.65. The van der Waals surface area contributed by atoms with Crippen molar-refractivity contribution in [1.29, 1.82) is 0 Å². The van der Waals surface area contributed by atoms with Crippen molar-refractivity contribution in [3.05, 3.63) is 50.6 Å². The van der Waals surface area contributed by atoms with Gasteiger partial charge >= 0.3 is 0 Å². The molecule has 2 aromatic rings. The SMILES string of the molecule is CCNC(c1ccc(Br)s1)C1COc2ccccc21. The molecule has 2 nitrogen and oxygen atoms in total. The maximum atomic E-state index is 5.82. The van der Waals surface area contributed by atoms with Gasteiger partial charge in [0.05, 0.1) is 16.4 Å². The van der Waals surface area contributed by atoms with Crippen molar-refractivity contribution in [2.24, 2.45) is 0 Å². The van der Waals surface area contributed by atoms with E-state index in [9.17, 15) is 0 Å². The van der Waals surface area contributed by atoms with E-state index >= 15 is 0 Å². The van der Waals surface area contributed by atoms with Crippen molar-refractivity contribution in [2.45, 2.75) is 18.9 Å². The molecular weight excluding hydrogens is 322 g/mol. The van der Waals surface area contributed by atoms with E-state index in [1.54, 1.807) is 11.3 Å². The molecule has 0 radical (unpaired) electrons. The quantitative estimate of drug-likeness (QED) is 0.896.